The second-order valence-corrected chi connectivity index (χ2v) is 3.76. The Hall–Kier alpha value is -2.22. The topological polar surface area (TPSA) is 67.4 Å². The molecule has 5 nitrogen and oxygen atoms in total. The van der Waals surface area contributed by atoms with Gasteiger partial charge in [0.2, 0.25) is 0 Å². The van der Waals surface area contributed by atoms with E-state index in [4.69, 9.17) is 5.26 Å². The lowest BCUT2D eigenvalue weighted by Gasteiger charge is -2.05. The van der Waals surface area contributed by atoms with E-state index in [1.54, 1.807) is 0 Å². The van der Waals surface area contributed by atoms with Crippen molar-refractivity contribution < 1.29 is 0 Å². The molecule has 0 radical (unpaired) electrons. The van der Waals surface area contributed by atoms with Gasteiger partial charge in [0.1, 0.15) is 6.07 Å². The quantitative estimate of drug-likeness (QED) is 0.760. The van der Waals surface area contributed by atoms with E-state index in [9.17, 15) is 0 Å². The Morgan fingerprint density at radius 1 is 1.25 bits per heavy atom. The molecule has 0 bridgehead atoms. The molecule has 0 amide bonds. The summed E-state index contributed by atoms with van der Waals surface area (Å²) < 4.78 is 0. The molecule has 0 unspecified atom stereocenters. The molecule has 1 aromatic carbocycles. The SMILES string of the molecule is CC(C)c1ccc(-n2nnc(C#N)n2)cc1. The Balaban J connectivity index is 2.31. The first-order valence-electron chi connectivity index (χ1n) is 5.01. The van der Waals surface area contributed by atoms with Crippen LogP contribution in [0.4, 0.5) is 0 Å². The van der Waals surface area contributed by atoms with Gasteiger partial charge in [0.15, 0.2) is 0 Å². The van der Waals surface area contributed by atoms with E-state index in [-0.39, 0.29) is 5.82 Å². The highest BCUT2D eigenvalue weighted by Crippen LogP contribution is 2.15. The molecule has 0 saturated heterocycles. The molecule has 2 rings (SSSR count). The number of tetrazole rings is 1. The third-order valence-electron chi connectivity index (χ3n) is 2.30. The van der Waals surface area contributed by atoms with Crippen molar-refractivity contribution in [3.05, 3.63) is 35.7 Å². The summed E-state index contributed by atoms with van der Waals surface area (Å²) in [6, 6.07) is 9.72. The Morgan fingerprint density at radius 3 is 2.44 bits per heavy atom. The molecule has 0 aliphatic heterocycles. The molecule has 80 valence electrons. The van der Waals surface area contributed by atoms with Crippen LogP contribution in [0.1, 0.15) is 31.2 Å². The Bertz CT molecular complexity index is 518. The molecule has 0 aliphatic carbocycles. The third-order valence-corrected chi connectivity index (χ3v) is 2.30. The van der Waals surface area contributed by atoms with Crippen molar-refractivity contribution in [2.24, 2.45) is 0 Å². The average Bonchev–Trinajstić information content (AvgIpc) is 2.77. The zero-order chi connectivity index (χ0) is 11.5. The zero-order valence-electron chi connectivity index (χ0n) is 9.12. The van der Waals surface area contributed by atoms with Gasteiger partial charge in [0.25, 0.3) is 5.82 Å². The molecule has 5 heteroatoms. The molecule has 0 aliphatic rings. The summed E-state index contributed by atoms with van der Waals surface area (Å²) in [5.41, 5.74) is 2.06. The minimum Gasteiger partial charge on any atom is -0.189 e. The number of nitrogens with zero attached hydrogens (tertiary/aromatic N) is 5. The highest BCUT2D eigenvalue weighted by atomic mass is 15.6. The number of nitriles is 1. The van der Waals surface area contributed by atoms with Crippen LogP contribution >= 0.6 is 0 Å². The van der Waals surface area contributed by atoms with Gasteiger partial charge in [-0.15, -0.1) is 9.90 Å². The van der Waals surface area contributed by atoms with Crippen molar-refractivity contribution in [2.75, 3.05) is 0 Å². The van der Waals surface area contributed by atoms with Crippen LogP contribution in [0.3, 0.4) is 0 Å². The van der Waals surface area contributed by atoms with E-state index >= 15 is 0 Å². The number of benzene rings is 1. The van der Waals surface area contributed by atoms with Gasteiger partial charge in [-0.2, -0.15) is 5.26 Å². The van der Waals surface area contributed by atoms with Crippen LogP contribution in [0.15, 0.2) is 24.3 Å². The minimum absolute atomic E-state index is 0.0768. The smallest absolute Gasteiger partial charge is 0.189 e. The number of aromatic nitrogens is 4. The minimum atomic E-state index is 0.0768. The zero-order valence-corrected chi connectivity index (χ0v) is 9.12. The van der Waals surface area contributed by atoms with E-state index in [2.05, 4.69) is 29.3 Å². The molecule has 1 aromatic heterocycles. The lowest BCUT2D eigenvalue weighted by Crippen LogP contribution is -1.99. The van der Waals surface area contributed by atoms with Crippen LogP contribution in [-0.2, 0) is 0 Å². The normalized spacial score (nSPS) is 10.4. The second-order valence-electron chi connectivity index (χ2n) is 3.76. The first-order valence-corrected chi connectivity index (χ1v) is 5.01. The standard InChI is InChI=1S/C11H11N5/c1-8(2)9-3-5-10(6-4-9)16-14-11(7-12)13-15-16/h3-6,8H,1-2H3. The van der Waals surface area contributed by atoms with Gasteiger partial charge in [0.05, 0.1) is 5.69 Å². The largest absolute Gasteiger partial charge is 0.274 e. The summed E-state index contributed by atoms with van der Waals surface area (Å²) in [6.45, 7) is 4.27. The summed E-state index contributed by atoms with van der Waals surface area (Å²) in [7, 11) is 0. The van der Waals surface area contributed by atoms with E-state index in [0.29, 0.717) is 5.92 Å². The molecule has 0 spiro atoms. The van der Waals surface area contributed by atoms with Crippen molar-refractivity contribution in [3.63, 3.8) is 0 Å². The van der Waals surface area contributed by atoms with E-state index in [1.807, 2.05) is 30.3 Å². The second kappa shape index (κ2) is 4.11. The van der Waals surface area contributed by atoms with E-state index in [0.717, 1.165) is 5.69 Å². The van der Waals surface area contributed by atoms with Gasteiger partial charge in [-0.05, 0) is 28.8 Å². The van der Waals surface area contributed by atoms with Crippen LogP contribution in [-0.4, -0.2) is 20.2 Å². The molecule has 0 fully saturated rings. The van der Waals surface area contributed by atoms with E-state index < -0.39 is 0 Å². The number of rotatable bonds is 2. The molecule has 0 atom stereocenters. The van der Waals surface area contributed by atoms with Crippen molar-refractivity contribution in [2.45, 2.75) is 19.8 Å². The summed E-state index contributed by atoms with van der Waals surface area (Å²) in [6.07, 6.45) is 0. The first-order chi connectivity index (χ1) is 7.70. The van der Waals surface area contributed by atoms with Gasteiger partial charge in [0, 0.05) is 0 Å². The maximum Gasteiger partial charge on any atom is 0.274 e. The van der Waals surface area contributed by atoms with Crippen LogP contribution in [0.5, 0.6) is 0 Å². The summed E-state index contributed by atoms with van der Waals surface area (Å²) in [5, 5.41) is 19.9. The van der Waals surface area contributed by atoms with Gasteiger partial charge in [-0.3, -0.25) is 0 Å². The van der Waals surface area contributed by atoms with Crippen molar-refractivity contribution in [1.82, 2.24) is 20.2 Å². The lowest BCUT2D eigenvalue weighted by molar-refractivity contribution is 0.718. The molecule has 1 heterocycles. The molecule has 2 aromatic rings. The molecule has 0 N–H and O–H groups in total. The van der Waals surface area contributed by atoms with Crippen molar-refractivity contribution >= 4 is 0 Å². The third kappa shape index (κ3) is 1.91. The van der Waals surface area contributed by atoms with Crippen LogP contribution in [0.25, 0.3) is 5.69 Å². The highest BCUT2D eigenvalue weighted by molar-refractivity contribution is 5.33. The average molecular weight is 213 g/mol. The summed E-state index contributed by atoms with van der Waals surface area (Å²) >= 11 is 0. The monoisotopic (exact) mass is 213 g/mol. The maximum absolute atomic E-state index is 8.59. The Kier molecular flexibility index (Phi) is 2.64. The summed E-state index contributed by atoms with van der Waals surface area (Å²) in [4.78, 5) is 1.35. The van der Waals surface area contributed by atoms with Gasteiger partial charge in [-0.1, -0.05) is 31.1 Å². The van der Waals surface area contributed by atoms with Crippen LogP contribution in [0.2, 0.25) is 0 Å². The number of hydrogen-bond donors (Lipinski definition) is 0. The first kappa shape index (κ1) is 10.3. The van der Waals surface area contributed by atoms with Gasteiger partial charge < -0.3 is 0 Å². The fourth-order valence-electron chi connectivity index (χ4n) is 1.36. The summed E-state index contributed by atoms with van der Waals surface area (Å²) in [5.74, 6) is 0.570. The fraction of sp³-hybridized carbons (Fsp3) is 0.273. The van der Waals surface area contributed by atoms with Gasteiger partial charge in [-0.25, -0.2) is 0 Å². The maximum atomic E-state index is 8.59. The van der Waals surface area contributed by atoms with Crippen LogP contribution in [0, 0.1) is 11.3 Å². The lowest BCUT2D eigenvalue weighted by atomic mass is 10.0. The predicted molar refractivity (Wildman–Crippen MR) is 58.0 cm³/mol. The molecular formula is C11H11N5. The molecular weight excluding hydrogens is 202 g/mol. The molecule has 16 heavy (non-hydrogen) atoms. The Labute approximate surface area is 93.3 Å². The highest BCUT2D eigenvalue weighted by Gasteiger charge is 2.04. The fourth-order valence-corrected chi connectivity index (χ4v) is 1.36. The number of hydrogen-bond acceptors (Lipinski definition) is 4. The van der Waals surface area contributed by atoms with Crippen LogP contribution < -0.4 is 0 Å². The van der Waals surface area contributed by atoms with Crippen molar-refractivity contribution in [3.8, 4) is 11.8 Å². The van der Waals surface area contributed by atoms with Gasteiger partial charge >= 0.3 is 0 Å². The molecule has 0 saturated carbocycles. The van der Waals surface area contributed by atoms with E-state index in [1.165, 1.54) is 10.4 Å². The van der Waals surface area contributed by atoms with Crippen molar-refractivity contribution in [1.29, 1.82) is 5.26 Å². The predicted octanol–water partition coefficient (Wildman–Crippen LogP) is 1.66. The Morgan fingerprint density at radius 2 is 1.94 bits per heavy atom.